The van der Waals surface area contributed by atoms with Gasteiger partial charge in [0, 0.05) is 24.4 Å². The summed E-state index contributed by atoms with van der Waals surface area (Å²) in [6.45, 7) is 2.22. The number of nitro benzene ring substituents is 1. The Hall–Kier alpha value is -2.96. The van der Waals surface area contributed by atoms with E-state index in [1.165, 1.54) is 36.5 Å². The maximum Gasteiger partial charge on any atom is 0.357 e. The lowest BCUT2D eigenvalue weighted by Gasteiger charge is -2.07. The number of hydrogen-bond donors (Lipinski definition) is 0. The Morgan fingerprint density at radius 2 is 1.95 bits per heavy atom. The van der Waals surface area contributed by atoms with Crippen LogP contribution in [0.5, 0.6) is 11.5 Å². The summed E-state index contributed by atoms with van der Waals surface area (Å²) in [5.41, 5.74) is 0.124. The van der Waals surface area contributed by atoms with E-state index >= 15 is 0 Å². The first kappa shape index (κ1) is 15.4. The smallest absolute Gasteiger partial charge is 0.357 e. The van der Waals surface area contributed by atoms with Crippen LogP contribution in [0.15, 0.2) is 42.6 Å². The molecule has 0 aliphatic rings. The first-order chi connectivity index (χ1) is 10.6. The fourth-order valence-electron chi connectivity index (χ4n) is 1.63. The largest absolute Gasteiger partial charge is 0.461 e. The number of benzene rings is 1. The fourth-order valence-corrected chi connectivity index (χ4v) is 1.63. The molecular weight excluding hydrogens is 288 g/mol. The number of carbonyl (C=O) groups is 1. The molecule has 7 heteroatoms. The Balaban J connectivity index is 2.09. The normalized spacial score (nSPS) is 10.0. The summed E-state index contributed by atoms with van der Waals surface area (Å²) in [4.78, 5) is 25.7. The zero-order valence-electron chi connectivity index (χ0n) is 11.9. The summed E-state index contributed by atoms with van der Waals surface area (Å²) in [6.07, 6.45) is 2.16. The van der Waals surface area contributed by atoms with E-state index in [9.17, 15) is 14.9 Å². The lowest BCUT2D eigenvalue weighted by Crippen LogP contribution is -2.07. The Morgan fingerprint density at radius 1 is 1.23 bits per heavy atom. The van der Waals surface area contributed by atoms with Crippen molar-refractivity contribution < 1.29 is 19.2 Å². The van der Waals surface area contributed by atoms with Gasteiger partial charge in [-0.05, 0) is 24.6 Å². The minimum atomic E-state index is -0.518. The average Bonchev–Trinajstić information content (AvgIpc) is 2.53. The Kier molecular flexibility index (Phi) is 5.02. The van der Waals surface area contributed by atoms with Crippen LogP contribution in [0, 0.1) is 10.1 Å². The van der Waals surface area contributed by atoms with Gasteiger partial charge in [-0.2, -0.15) is 0 Å². The summed E-state index contributed by atoms with van der Waals surface area (Å²) in [5, 5.41) is 10.6. The van der Waals surface area contributed by atoms with Gasteiger partial charge in [0.1, 0.15) is 11.5 Å². The maximum absolute atomic E-state index is 11.7. The van der Waals surface area contributed by atoms with E-state index in [4.69, 9.17) is 9.47 Å². The van der Waals surface area contributed by atoms with Gasteiger partial charge in [0.15, 0.2) is 5.69 Å². The molecule has 1 aromatic heterocycles. The van der Waals surface area contributed by atoms with E-state index < -0.39 is 10.9 Å². The highest BCUT2D eigenvalue weighted by Crippen LogP contribution is 2.24. The van der Waals surface area contributed by atoms with Crippen LogP contribution in [0.4, 0.5) is 5.69 Å². The van der Waals surface area contributed by atoms with Crippen molar-refractivity contribution >= 4 is 11.7 Å². The summed E-state index contributed by atoms with van der Waals surface area (Å²) >= 11 is 0. The van der Waals surface area contributed by atoms with Gasteiger partial charge >= 0.3 is 5.97 Å². The summed E-state index contributed by atoms with van der Waals surface area (Å²) in [5.74, 6) is 0.299. The van der Waals surface area contributed by atoms with Crippen molar-refractivity contribution in [2.45, 2.75) is 13.3 Å². The third-order valence-corrected chi connectivity index (χ3v) is 2.66. The van der Waals surface area contributed by atoms with E-state index in [1.54, 1.807) is 6.07 Å². The Morgan fingerprint density at radius 3 is 2.59 bits per heavy atom. The lowest BCUT2D eigenvalue weighted by molar-refractivity contribution is -0.384. The standard InChI is InChI=1S/C15H14N2O5/c1-2-9-21-15(18)14-10-13(7-8-16-14)22-12-5-3-11(4-6-12)17(19)20/h3-8,10H,2,9H2,1H3. The van der Waals surface area contributed by atoms with Crippen molar-refractivity contribution in [2.75, 3.05) is 6.61 Å². The molecule has 2 rings (SSSR count). The highest BCUT2D eigenvalue weighted by Gasteiger charge is 2.10. The van der Waals surface area contributed by atoms with Gasteiger partial charge in [-0.15, -0.1) is 0 Å². The molecule has 0 bridgehead atoms. The number of nitrogens with zero attached hydrogens (tertiary/aromatic N) is 2. The second kappa shape index (κ2) is 7.16. The van der Waals surface area contributed by atoms with Crippen molar-refractivity contribution in [3.8, 4) is 11.5 Å². The summed E-state index contributed by atoms with van der Waals surface area (Å²) in [6, 6.07) is 8.68. The van der Waals surface area contributed by atoms with Crippen LogP contribution in [0.1, 0.15) is 23.8 Å². The van der Waals surface area contributed by atoms with E-state index in [2.05, 4.69) is 4.98 Å². The monoisotopic (exact) mass is 302 g/mol. The topological polar surface area (TPSA) is 91.6 Å². The van der Waals surface area contributed by atoms with Crippen molar-refractivity contribution in [2.24, 2.45) is 0 Å². The van der Waals surface area contributed by atoms with Crippen molar-refractivity contribution in [3.05, 3.63) is 58.4 Å². The van der Waals surface area contributed by atoms with Crippen LogP contribution in [0.3, 0.4) is 0 Å². The molecule has 7 nitrogen and oxygen atoms in total. The highest BCUT2D eigenvalue weighted by atomic mass is 16.6. The number of esters is 1. The van der Waals surface area contributed by atoms with Gasteiger partial charge in [-0.1, -0.05) is 6.92 Å². The number of carbonyl (C=O) groups excluding carboxylic acids is 1. The second-order valence-corrected chi connectivity index (χ2v) is 4.37. The molecule has 0 saturated carbocycles. The zero-order valence-corrected chi connectivity index (χ0v) is 11.9. The molecule has 0 fully saturated rings. The highest BCUT2D eigenvalue weighted by molar-refractivity contribution is 5.87. The van der Waals surface area contributed by atoms with E-state index in [0.717, 1.165) is 6.42 Å². The molecule has 0 aliphatic heterocycles. The van der Waals surface area contributed by atoms with Crippen LogP contribution < -0.4 is 4.74 Å². The van der Waals surface area contributed by atoms with E-state index in [0.29, 0.717) is 18.1 Å². The number of non-ortho nitro benzene ring substituents is 1. The van der Waals surface area contributed by atoms with Crippen LogP contribution >= 0.6 is 0 Å². The van der Waals surface area contributed by atoms with Gasteiger partial charge < -0.3 is 9.47 Å². The van der Waals surface area contributed by atoms with Crippen LogP contribution in [-0.2, 0) is 4.74 Å². The third-order valence-electron chi connectivity index (χ3n) is 2.66. The van der Waals surface area contributed by atoms with Crippen molar-refractivity contribution in [1.29, 1.82) is 0 Å². The van der Waals surface area contributed by atoms with E-state index in [1.807, 2.05) is 6.92 Å². The Labute approximate surface area is 126 Å². The quantitative estimate of drug-likeness (QED) is 0.461. The number of rotatable bonds is 6. The zero-order chi connectivity index (χ0) is 15.9. The Bertz CT molecular complexity index is 670. The van der Waals surface area contributed by atoms with Gasteiger partial charge in [0.2, 0.25) is 0 Å². The molecule has 0 radical (unpaired) electrons. The molecule has 0 saturated heterocycles. The van der Waals surface area contributed by atoms with Crippen molar-refractivity contribution in [1.82, 2.24) is 4.98 Å². The molecule has 0 aliphatic carbocycles. The predicted octanol–water partition coefficient (Wildman–Crippen LogP) is 3.35. The number of hydrogen-bond acceptors (Lipinski definition) is 6. The van der Waals surface area contributed by atoms with Crippen LogP contribution in [0.2, 0.25) is 0 Å². The van der Waals surface area contributed by atoms with E-state index in [-0.39, 0.29) is 11.4 Å². The predicted molar refractivity (Wildman–Crippen MR) is 78.0 cm³/mol. The van der Waals surface area contributed by atoms with Crippen LogP contribution in [-0.4, -0.2) is 22.5 Å². The van der Waals surface area contributed by atoms with Crippen LogP contribution in [0.25, 0.3) is 0 Å². The maximum atomic E-state index is 11.7. The molecule has 0 unspecified atom stereocenters. The first-order valence-electron chi connectivity index (χ1n) is 6.65. The molecule has 0 atom stereocenters. The van der Waals surface area contributed by atoms with Gasteiger partial charge in [-0.25, -0.2) is 9.78 Å². The number of aromatic nitrogens is 1. The van der Waals surface area contributed by atoms with Crippen molar-refractivity contribution in [3.63, 3.8) is 0 Å². The minimum absolute atomic E-state index is 0.0223. The first-order valence-corrected chi connectivity index (χ1v) is 6.65. The fraction of sp³-hybridized carbons (Fsp3) is 0.200. The minimum Gasteiger partial charge on any atom is -0.461 e. The summed E-state index contributed by atoms with van der Waals surface area (Å²) in [7, 11) is 0. The number of pyridine rings is 1. The molecule has 0 spiro atoms. The van der Waals surface area contributed by atoms with Gasteiger partial charge in [0.05, 0.1) is 11.5 Å². The summed E-state index contributed by atoms with van der Waals surface area (Å²) < 4.78 is 10.5. The molecule has 0 N–H and O–H groups in total. The number of ether oxygens (including phenoxy) is 2. The number of nitro groups is 1. The lowest BCUT2D eigenvalue weighted by atomic mass is 10.3. The van der Waals surface area contributed by atoms with Gasteiger partial charge in [-0.3, -0.25) is 10.1 Å². The molecule has 2 aromatic rings. The molecule has 22 heavy (non-hydrogen) atoms. The third kappa shape index (κ3) is 4.02. The molecule has 114 valence electrons. The van der Waals surface area contributed by atoms with Gasteiger partial charge in [0.25, 0.3) is 5.69 Å². The molecule has 0 amide bonds. The average molecular weight is 302 g/mol. The molecule has 1 heterocycles. The SMILES string of the molecule is CCCOC(=O)c1cc(Oc2ccc([N+](=O)[O-])cc2)ccn1. The second-order valence-electron chi connectivity index (χ2n) is 4.37. The molecule has 1 aromatic carbocycles. The molecular formula is C15H14N2O5.